The minimum absolute atomic E-state index is 0.189. The number of hydrogen-bond donors (Lipinski definition) is 0. The molecule has 36 heavy (non-hydrogen) atoms. The lowest BCUT2D eigenvalue weighted by atomic mass is 10.1. The summed E-state index contributed by atoms with van der Waals surface area (Å²) in [4.78, 5) is 12.8. The van der Waals surface area contributed by atoms with Gasteiger partial charge in [0.25, 0.3) is 0 Å². The van der Waals surface area contributed by atoms with Crippen LogP contribution in [-0.4, -0.2) is 37.5 Å². The Morgan fingerprint density at radius 3 is 2.25 bits per heavy atom. The highest BCUT2D eigenvalue weighted by atomic mass is 16.6. The molecule has 1 heterocycles. The van der Waals surface area contributed by atoms with Gasteiger partial charge in [0.1, 0.15) is 12.4 Å². The zero-order valence-electron chi connectivity index (χ0n) is 21.0. The fourth-order valence-electron chi connectivity index (χ4n) is 4.28. The van der Waals surface area contributed by atoms with E-state index in [2.05, 4.69) is 0 Å². The predicted octanol–water partition coefficient (Wildman–Crippen LogP) is 5.56. The smallest absolute Gasteiger partial charge is 0.349 e. The fraction of sp³-hybridized carbons (Fsp3) is 0.276. The maximum absolute atomic E-state index is 12.8. The van der Waals surface area contributed by atoms with Crippen LogP contribution < -0.4 is 18.9 Å². The number of nitrogens with zero attached hydrogens (tertiary/aromatic N) is 1. The third-order valence-corrected chi connectivity index (χ3v) is 5.89. The minimum atomic E-state index is -0.878. The number of ether oxygens (including phenoxy) is 5. The quantitative estimate of drug-likeness (QED) is 0.257. The van der Waals surface area contributed by atoms with Gasteiger partial charge in [-0.2, -0.15) is 0 Å². The highest BCUT2D eigenvalue weighted by Crippen LogP contribution is 2.43. The number of fused-ring (bicyclic) bond motifs is 1. The third kappa shape index (κ3) is 5.25. The standard InChI is InChI=1S/C29H31NO6/c1-5-34-29(31)25(36-22-14-10-7-11-15-22)18-30-23-16-17-24(35-19-21-12-8-6-9-13-21)27(32-3)26(23)20(2)28(30)33-4/h6-17,25H,5,18-19H2,1-4H3. The molecule has 0 N–H and O–H groups in total. The normalized spacial score (nSPS) is 11.7. The van der Waals surface area contributed by atoms with E-state index in [-0.39, 0.29) is 13.2 Å². The van der Waals surface area contributed by atoms with Gasteiger partial charge in [-0.3, -0.25) is 0 Å². The van der Waals surface area contributed by atoms with Gasteiger partial charge < -0.3 is 28.3 Å². The summed E-state index contributed by atoms with van der Waals surface area (Å²) in [6.07, 6.45) is -0.878. The molecule has 0 aliphatic carbocycles. The summed E-state index contributed by atoms with van der Waals surface area (Å²) in [7, 11) is 3.22. The van der Waals surface area contributed by atoms with Crippen LogP contribution in [0.3, 0.4) is 0 Å². The van der Waals surface area contributed by atoms with Crippen LogP contribution in [0.15, 0.2) is 72.8 Å². The van der Waals surface area contributed by atoms with Gasteiger partial charge >= 0.3 is 5.97 Å². The van der Waals surface area contributed by atoms with E-state index in [9.17, 15) is 4.79 Å². The van der Waals surface area contributed by atoms with Gasteiger partial charge in [0, 0.05) is 5.56 Å². The zero-order valence-corrected chi connectivity index (χ0v) is 21.0. The Labute approximate surface area is 211 Å². The molecule has 0 aliphatic rings. The lowest BCUT2D eigenvalue weighted by Crippen LogP contribution is -2.34. The van der Waals surface area contributed by atoms with Crippen molar-refractivity contribution >= 4 is 16.9 Å². The Morgan fingerprint density at radius 2 is 1.61 bits per heavy atom. The Balaban J connectivity index is 1.72. The number of benzene rings is 3. The third-order valence-electron chi connectivity index (χ3n) is 5.89. The van der Waals surface area contributed by atoms with E-state index in [1.165, 1.54) is 0 Å². The molecule has 0 fully saturated rings. The summed E-state index contributed by atoms with van der Waals surface area (Å²) in [5.41, 5.74) is 2.76. The summed E-state index contributed by atoms with van der Waals surface area (Å²) in [6, 6.07) is 23.0. The number of rotatable bonds is 11. The molecule has 7 nitrogen and oxygen atoms in total. The lowest BCUT2D eigenvalue weighted by molar-refractivity contribution is -0.152. The summed E-state index contributed by atoms with van der Waals surface area (Å²) in [5, 5.41) is 0.849. The van der Waals surface area contributed by atoms with Gasteiger partial charge in [-0.05, 0) is 43.7 Å². The van der Waals surface area contributed by atoms with Crippen molar-refractivity contribution in [3.63, 3.8) is 0 Å². The van der Waals surface area contributed by atoms with Crippen LogP contribution in [0.4, 0.5) is 0 Å². The van der Waals surface area contributed by atoms with Gasteiger partial charge in [0.2, 0.25) is 6.10 Å². The molecule has 0 saturated carbocycles. The lowest BCUT2D eigenvalue weighted by Gasteiger charge is -2.20. The first-order chi connectivity index (χ1) is 17.6. The molecular weight excluding hydrogens is 458 g/mol. The van der Waals surface area contributed by atoms with Crippen LogP contribution in [0.2, 0.25) is 0 Å². The molecule has 0 saturated heterocycles. The summed E-state index contributed by atoms with van der Waals surface area (Å²) in [5.74, 6) is 1.97. The van der Waals surface area contributed by atoms with E-state index in [1.807, 2.05) is 84.3 Å². The Morgan fingerprint density at radius 1 is 0.917 bits per heavy atom. The Bertz CT molecular complexity index is 1300. The van der Waals surface area contributed by atoms with E-state index < -0.39 is 12.1 Å². The minimum Gasteiger partial charge on any atom is -0.492 e. The van der Waals surface area contributed by atoms with Crippen molar-refractivity contribution in [1.82, 2.24) is 4.57 Å². The molecule has 7 heteroatoms. The van der Waals surface area contributed by atoms with Crippen molar-refractivity contribution in [3.8, 4) is 23.1 Å². The van der Waals surface area contributed by atoms with Crippen LogP contribution in [0.1, 0.15) is 18.1 Å². The summed E-state index contributed by atoms with van der Waals surface area (Å²) in [6.45, 7) is 4.59. The van der Waals surface area contributed by atoms with Crippen molar-refractivity contribution in [1.29, 1.82) is 0 Å². The van der Waals surface area contributed by atoms with E-state index in [0.717, 1.165) is 22.0 Å². The molecule has 0 spiro atoms. The molecule has 1 atom stereocenters. The van der Waals surface area contributed by atoms with Gasteiger partial charge in [-0.15, -0.1) is 0 Å². The highest BCUT2D eigenvalue weighted by Gasteiger charge is 2.28. The molecule has 0 aliphatic heterocycles. The monoisotopic (exact) mass is 489 g/mol. The number of hydrogen-bond acceptors (Lipinski definition) is 6. The molecule has 0 amide bonds. The highest BCUT2D eigenvalue weighted by molar-refractivity contribution is 5.94. The number of aryl methyl sites for hydroxylation is 1. The van der Waals surface area contributed by atoms with Crippen molar-refractivity contribution in [2.45, 2.75) is 33.1 Å². The van der Waals surface area contributed by atoms with Crippen LogP contribution in [0, 0.1) is 6.92 Å². The molecule has 3 aromatic carbocycles. The molecule has 4 aromatic rings. The van der Waals surface area contributed by atoms with E-state index in [0.29, 0.717) is 29.7 Å². The molecule has 4 rings (SSSR count). The summed E-state index contributed by atoms with van der Waals surface area (Å²) < 4.78 is 31.0. The van der Waals surface area contributed by atoms with Crippen molar-refractivity contribution in [3.05, 3.63) is 83.9 Å². The van der Waals surface area contributed by atoms with Crippen molar-refractivity contribution in [2.24, 2.45) is 0 Å². The number of methoxy groups -OCH3 is 2. The van der Waals surface area contributed by atoms with Crippen LogP contribution in [0.25, 0.3) is 10.9 Å². The maximum Gasteiger partial charge on any atom is 0.349 e. The van der Waals surface area contributed by atoms with Gasteiger partial charge in [-0.1, -0.05) is 48.5 Å². The second kappa shape index (κ2) is 11.5. The second-order valence-electron chi connectivity index (χ2n) is 8.18. The van der Waals surface area contributed by atoms with Gasteiger partial charge in [0.05, 0.1) is 38.3 Å². The summed E-state index contributed by atoms with van der Waals surface area (Å²) >= 11 is 0. The SMILES string of the molecule is CCOC(=O)C(Cn1c(OC)c(C)c2c(OC)c(OCc3ccccc3)ccc21)Oc1ccccc1. The van der Waals surface area contributed by atoms with Crippen LogP contribution >= 0.6 is 0 Å². The second-order valence-corrected chi connectivity index (χ2v) is 8.18. The number of carbonyl (C=O) groups is 1. The fourth-order valence-corrected chi connectivity index (χ4v) is 4.28. The molecule has 188 valence electrons. The van der Waals surface area contributed by atoms with Crippen molar-refractivity contribution in [2.75, 3.05) is 20.8 Å². The molecule has 1 aromatic heterocycles. The van der Waals surface area contributed by atoms with E-state index in [4.69, 9.17) is 23.7 Å². The van der Waals surface area contributed by atoms with Crippen LogP contribution in [0.5, 0.6) is 23.1 Å². The number of esters is 1. The number of carbonyl (C=O) groups excluding carboxylic acids is 1. The number of aromatic nitrogens is 1. The molecule has 1 unspecified atom stereocenters. The molecular formula is C29H31NO6. The average Bonchev–Trinajstić information content (AvgIpc) is 3.18. The number of para-hydroxylation sites is 1. The zero-order chi connectivity index (χ0) is 25.5. The molecule has 0 bridgehead atoms. The first-order valence-electron chi connectivity index (χ1n) is 11.9. The first kappa shape index (κ1) is 25.0. The van der Waals surface area contributed by atoms with Crippen molar-refractivity contribution < 1.29 is 28.5 Å². The van der Waals surface area contributed by atoms with Gasteiger partial charge in [0.15, 0.2) is 17.4 Å². The van der Waals surface area contributed by atoms with E-state index >= 15 is 0 Å². The first-order valence-corrected chi connectivity index (χ1v) is 11.9. The maximum atomic E-state index is 12.8. The predicted molar refractivity (Wildman–Crippen MR) is 138 cm³/mol. The van der Waals surface area contributed by atoms with Crippen LogP contribution in [-0.2, 0) is 22.7 Å². The Hall–Kier alpha value is -4.13. The Kier molecular flexibility index (Phi) is 8.00. The average molecular weight is 490 g/mol. The topological polar surface area (TPSA) is 68.2 Å². The van der Waals surface area contributed by atoms with Gasteiger partial charge in [-0.25, -0.2) is 4.79 Å². The van der Waals surface area contributed by atoms with E-state index in [1.54, 1.807) is 21.1 Å². The largest absolute Gasteiger partial charge is 0.492 e. The molecule has 0 radical (unpaired) electrons.